The molecule has 3 rings (SSSR count). The summed E-state index contributed by atoms with van der Waals surface area (Å²) in [7, 11) is 0. The molecule has 0 bridgehead atoms. The van der Waals surface area contributed by atoms with Gasteiger partial charge in [0.25, 0.3) is 5.56 Å². The maximum Gasteiger partial charge on any atom is 0.391 e. The van der Waals surface area contributed by atoms with Gasteiger partial charge in [0.1, 0.15) is 11.2 Å². The zero-order valence-corrected chi connectivity index (χ0v) is 13.1. The predicted octanol–water partition coefficient (Wildman–Crippen LogP) is 3.16. The third-order valence-electron chi connectivity index (χ3n) is 3.89. The van der Waals surface area contributed by atoms with Gasteiger partial charge in [0.05, 0.1) is 17.8 Å². The molecule has 1 aromatic carbocycles. The Morgan fingerprint density at radius 1 is 1.29 bits per heavy atom. The molecule has 0 radical (unpaired) electrons. The van der Waals surface area contributed by atoms with E-state index in [4.69, 9.17) is 0 Å². The molecule has 5 nitrogen and oxygen atoms in total. The lowest BCUT2D eigenvalue weighted by Crippen LogP contribution is -2.24. The van der Waals surface area contributed by atoms with E-state index >= 15 is 0 Å². The van der Waals surface area contributed by atoms with Gasteiger partial charge in [0, 0.05) is 6.42 Å². The predicted molar refractivity (Wildman–Crippen MR) is 83.1 cm³/mol. The first kappa shape index (κ1) is 16.2. The van der Waals surface area contributed by atoms with Gasteiger partial charge in [-0.25, -0.2) is 9.67 Å². The molecule has 2 heterocycles. The van der Waals surface area contributed by atoms with Crippen LogP contribution in [0, 0.1) is 12.8 Å². The first-order chi connectivity index (χ1) is 11.3. The topological polar surface area (TPSA) is 63.6 Å². The lowest BCUT2D eigenvalue weighted by Gasteiger charge is -2.14. The van der Waals surface area contributed by atoms with Crippen LogP contribution in [0.15, 0.2) is 35.3 Å². The minimum absolute atomic E-state index is 0.00680. The van der Waals surface area contributed by atoms with Crippen molar-refractivity contribution in [3.05, 3.63) is 52.2 Å². The number of H-pyrrole nitrogens is 1. The van der Waals surface area contributed by atoms with Gasteiger partial charge in [0.2, 0.25) is 0 Å². The maximum atomic E-state index is 12.7. The molecule has 0 fully saturated rings. The van der Waals surface area contributed by atoms with Crippen molar-refractivity contribution in [2.45, 2.75) is 26.4 Å². The van der Waals surface area contributed by atoms with Gasteiger partial charge in [-0.1, -0.05) is 25.1 Å². The highest BCUT2D eigenvalue weighted by Crippen LogP contribution is 2.28. The SMILES string of the molecule is Cc1ccccc1-n1ncc2c(=O)[nH]c(C[C@H](C)C(F)(F)F)nc21. The lowest BCUT2D eigenvalue weighted by atomic mass is 10.1. The van der Waals surface area contributed by atoms with Gasteiger partial charge in [-0.15, -0.1) is 0 Å². The fourth-order valence-corrected chi connectivity index (χ4v) is 2.44. The molecule has 0 saturated heterocycles. The summed E-state index contributed by atoms with van der Waals surface area (Å²) in [6, 6.07) is 7.36. The molecule has 1 N–H and O–H groups in total. The van der Waals surface area contributed by atoms with Crippen LogP contribution < -0.4 is 5.56 Å². The normalized spacial score (nSPS) is 13.4. The van der Waals surface area contributed by atoms with Crippen molar-refractivity contribution in [1.82, 2.24) is 19.7 Å². The summed E-state index contributed by atoms with van der Waals surface area (Å²) in [5.74, 6) is -1.61. The molecule has 24 heavy (non-hydrogen) atoms. The van der Waals surface area contributed by atoms with E-state index in [1.165, 1.54) is 10.9 Å². The number of rotatable bonds is 3. The number of nitrogens with zero attached hydrogens (tertiary/aromatic N) is 3. The Kier molecular flexibility index (Phi) is 3.90. The number of halogens is 3. The second-order valence-electron chi connectivity index (χ2n) is 5.74. The monoisotopic (exact) mass is 336 g/mol. The van der Waals surface area contributed by atoms with Crippen molar-refractivity contribution in [2.24, 2.45) is 5.92 Å². The number of benzene rings is 1. The Morgan fingerprint density at radius 3 is 2.67 bits per heavy atom. The van der Waals surface area contributed by atoms with Crippen molar-refractivity contribution < 1.29 is 13.2 Å². The number of nitrogens with one attached hydrogen (secondary N) is 1. The smallest absolute Gasteiger partial charge is 0.310 e. The number of aromatic nitrogens is 4. The number of aryl methyl sites for hydroxylation is 1. The third kappa shape index (κ3) is 2.91. The average molecular weight is 336 g/mol. The van der Waals surface area contributed by atoms with Crippen LogP contribution in [0.1, 0.15) is 18.3 Å². The van der Waals surface area contributed by atoms with Gasteiger partial charge in [-0.2, -0.15) is 18.3 Å². The highest BCUT2D eigenvalue weighted by Gasteiger charge is 2.36. The Bertz CT molecular complexity index is 942. The minimum Gasteiger partial charge on any atom is -0.310 e. The summed E-state index contributed by atoms with van der Waals surface area (Å²) in [5, 5.41) is 4.41. The number of hydrogen-bond donors (Lipinski definition) is 1. The summed E-state index contributed by atoms with van der Waals surface area (Å²) in [6.45, 7) is 2.94. The minimum atomic E-state index is -4.34. The molecule has 0 amide bonds. The van der Waals surface area contributed by atoms with Crippen LogP contribution in [0.25, 0.3) is 16.7 Å². The largest absolute Gasteiger partial charge is 0.391 e. The second-order valence-corrected chi connectivity index (χ2v) is 5.74. The molecule has 0 aliphatic carbocycles. The van der Waals surface area contributed by atoms with E-state index in [2.05, 4.69) is 15.1 Å². The number of aromatic amines is 1. The van der Waals surface area contributed by atoms with Crippen LogP contribution in [-0.4, -0.2) is 25.9 Å². The first-order valence-corrected chi connectivity index (χ1v) is 7.37. The van der Waals surface area contributed by atoms with Crippen LogP contribution in [0.4, 0.5) is 13.2 Å². The van der Waals surface area contributed by atoms with Crippen LogP contribution in [0.5, 0.6) is 0 Å². The van der Waals surface area contributed by atoms with E-state index in [-0.39, 0.29) is 16.9 Å². The Hall–Kier alpha value is -2.64. The lowest BCUT2D eigenvalue weighted by molar-refractivity contribution is -0.169. The molecule has 2 aromatic heterocycles. The standard InChI is InChI=1S/C16H15F3N4O/c1-9-5-3-4-6-12(9)23-14-11(8-20-23)15(24)22-13(21-14)7-10(2)16(17,18)19/h3-6,8,10H,7H2,1-2H3,(H,21,22,24)/t10-/m0/s1. The molecule has 0 aliphatic rings. The Labute approximate surface area is 135 Å². The highest BCUT2D eigenvalue weighted by atomic mass is 19.4. The molecule has 1 atom stereocenters. The fraction of sp³-hybridized carbons (Fsp3) is 0.312. The third-order valence-corrected chi connectivity index (χ3v) is 3.89. The molecule has 8 heteroatoms. The summed E-state index contributed by atoms with van der Waals surface area (Å²) < 4.78 is 39.7. The van der Waals surface area contributed by atoms with Crippen LogP contribution >= 0.6 is 0 Å². The van der Waals surface area contributed by atoms with E-state index in [0.29, 0.717) is 0 Å². The molecule has 0 spiro atoms. The van der Waals surface area contributed by atoms with E-state index < -0.39 is 24.1 Å². The van der Waals surface area contributed by atoms with Gasteiger partial charge < -0.3 is 4.98 Å². The van der Waals surface area contributed by atoms with Crippen molar-refractivity contribution in [3.63, 3.8) is 0 Å². The highest BCUT2D eigenvalue weighted by molar-refractivity contribution is 5.75. The summed E-state index contributed by atoms with van der Waals surface area (Å²) in [6.07, 6.45) is -3.37. The fourth-order valence-electron chi connectivity index (χ4n) is 2.44. The molecule has 0 saturated carbocycles. The second kappa shape index (κ2) is 5.77. The summed E-state index contributed by atoms with van der Waals surface area (Å²) >= 11 is 0. The van der Waals surface area contributed by atoms with Crippen LogP contribution in [-0.2, 0) is 6.42 Å². The van der Waals surface area contributed by atoms with Gasteiger partial charge in [-0.05, 0) is 18.6 Å². The maximum absolute atomic E-state index is 12.7. The zero-order valence-electron chi connectivity index (χ0n) is 13.1. The average Bonchev–Trinajstić information content (AvgIpc) is 2.91. The van der Waals surface area contributed by atoms with Crippen LogP contribution in [0.2, 0.25) is 0 Å². The van der Waals surface area contributed by atoms with Gasteiger partial charge >= 0.3 is 6.18 Å². The van der Waals surface area contributed by atoms with Crippen LogP contribution in [0.3, 0.4) is 0 Å². The Balaban J connectivity index is 2.12. The first-order valence-electron chi connectivity index (χ1n) is 7.37. The van der Waals surface area contributed by atoms with E-state index in [9.17, 15) is 18.0 Å². The number of alkyl halides is 3. The molecule has 126 valence electrons. The van der Waals surface area contributed by atoms with E-state index in [0.717, 1.165) is 18.2 Å². The molecule has 0 aliphatic heterocycles. The van der Waals surface area contributed by atoms with E-state index in [1.807, 2.05) is 31.2 Å². The number of fused-ring (bicyclic) bond motifs is 1. The van der Waals surface area contributed by atoms with Crippen molar-refractivity contribution in [2.75, 3.05) is 0 Å². The van der Waals surface area contributed by atoms with Crippen molar-refractivity contribution >= 4 is 11.0 Å². The number of para-hydroxylation sites is 1. The summed E-state index contributed by atoms with van der Waals surface area (Å²) in [4.78, 5) is 18.8. The Morgan fingerprint density at radius 2 is 2.00 bits per heavy atom. The zero-order chi connectivity index (χ0) is 17.5. The molecule has 3 aromatic rings. The molecular formula is C16H15F3N4O. The van der Waals surface area contributed by atoms with Crippen molar-refractivity contribution in [1.29, 1.82) is 0 Å². The van der Waals surface area contributed by atoms with Gasteiger partial charge in [0.15, 0.2) is 5.65 Å². The summed E-state index contributed by atoms with van der Waals surface area (Å²) in [5.41, 5.74) is 1.39. The van der Waals surface area contributed by atoms with E-state index in [1.54, 1.807) is 0 Å². The quantitative estimate of drug-likeness (QED) is 0.799. The number of hydrogen-bond acceptors (Lipinski definition) is 3. The molecular weight excluding hydrogens is 321 g/mol. The molecule has 0 unspecified atom stereocenters. The van der Waals surface area contributed by atoms with Crippen molar-refractivity contribution in [3.8, 4) is 5.69 Å². The van der Waals surface area contributed by atoms with Gasteiger partial charge in [-0.3, -0.25) is 4.79 Å².